The molecule has 0 aliphatic rings. The van der Waals surface area contributed by atoms with Gasteiger partial charge in [-0.3, -0.25) is 0 Å². The molecule has 0 fully saturated rings. The summed E-state index contributed by atoms with van der Waals surface area (Å²) in [5.41, 5.74) is 0.0512. The average Bonchev–Trinajstić information content (AvgIpc) is 1.53. The molecule has 66 valence electrons. The molecule has 0 radical (unpaired) electrons. The highest BCUT2D eigenvalue weighted by molar-refractivity contribution is 14.1. The number of rotatable bonds is 1. The molecule has 0 rings (SSSR count). The number of hydrogen-bond acceptors (Lipinski definition) is 1. The lowest BCUT2D eigenvalue weighted by molar-refractivity contribution is 0.507. The van der Waals surface area contributed by atoms with Crippen molar-refractivity contribution < 1.29 is 0 Å². The van der Waals surface area contributed by atoms with Crippen molar-refractivity contribution >= 4 is 39.9 Å². The van der Waals surface area contributed by atoms with Crippen molar-refractivity contribution in [2.24, 2.45) is 0 Å². The monoisotopic (exact) mass is 286 g/mol. The van der Waals surface area contributed by atoms with Gasteiger partial charge in [-0.25, -0.2) is 0 Å². The molecule has 0 saturated carbocycles. The second-order valence-corrected chi connectivity index (χ2v) is 5.74. The van der Waals surface area contributed by atoms with Crippen LogP contribution in [0.3, 0.4) is 0 Å². The fourth-order valence-corrected chi connectivity index (χ4v) is 1.56. The third-order valence-corrected chi connectivity index (χ3v) is 1.35. The molecule has 4 heteroatoms. The van der Waals surface area contributed by atoms with Crippen molar-refractivity contribution in [3.05, 3.63) is 0 Å². The van der Waals surface area contributed by atoms with E-state index < -0.39 is 0 Å². The van der Waals surface area contributed by atoms with Crippen LogP contribution >= 0.6 is 34.8 Å². The van der Waals surface area contributed by atoms with Gasteiger partial charge in [0.2, 0.25) is 0 Å². The highest BCUT2D eigenvalue weighted by Gasteiger charge is 2.10. The van der Waals surface area contributed by atoms with Gasteiger partial charge in [0.1, 0.15) is 0 Å². The first-order valence-corrected chi connectivity index (χ1v) is 5.19. The average molecular weight is 286 g/mol. The molecule has 0 aromatic rings. The first kappa shape index (κ1) is 11.4. The summed E-state index contributed by atoms with van der Waals surface area (Å²) in [6, 6.07) is 0. The van der Waals surface area contributed by atoms with E-state index in [2.05, 4.69) is 60.9 Å². The van der Waals surface area contributed by atoms with Gasteiger partial charge in [0, 0.05) is 5.54 Å². The van der Waals surface area contributed by atoms with Gasteiger partial charge < -0.3 is 10.6 Å². The van der Waals surface area contributed by atoms with Crippen LogP contribution < -0.4 is 10.6 Å². The van der Waals surface area contributed by atoms with Gasteiger partial charge in [-0.1, -0.05) is 22.6 Å². The lowest BCUT2D eigenvalue weighted by Crippen LogP contribution is -2.47. The molecule has 2 nitrogen and oxygen atoms in total. The lowest BCUT2D eigenvalue weighted by atomic mass is 10.1. The van der Waals surface area contributed by atoms with E-state index in [-0.39, 0.29) is 5.54 Å². The Bertz CT molecular complexity index is 140. The van der Waals surface area contributed by atoms with Crippen LogP contribution in [0.5, 0.6) is 0 Å². The Morgan fingerprint density at radius 2 is 1.91 bits per heavy atom. The second kappa shape index (κ2) is 4.45. The van der Waals surface area contributed by atoms with Crippen LogP contribution in [-0.4, -0.2) is 14.7 Å². The van der Waals surface area contributed by atoms with Crippen molar-refractivity contribution in [1.29, 1.82) is 0 Å². The first-order chi connectivity index (χ1) is 4.81. The molecular formula is C7H15IN2S. The highest BCUT2D eigenvalue weighted by Crippen LogP contribution is 1.99. The van der Waals surface area contributed by atoms with Crippen molar-refractivity contribution in [2.75, 3.05) is 0 Å². The molecule has 0 aromatic carbocycles. The van der Waals surface area contributed by atoms with E-state index >= 15 is 0 Å². The topological polar surface area (TPSA) is 24.1 Å². The van der Waals surface area contributed by atoms with E-state index in [1.807, 2.05) is 0 Å². The molecule has 1 atom stereocenters. The summed E-state index contributed by atoms with van der Waals surface area (Å²) in [5, 5.41) is 6.99. The first-order valence-electron chi connectivity index (χ1n) is 3.54. The van der Waals surface area contributed by atoms with Gasteiger partial charge >= 0.3 is 0 Å². The second-order valence-electron chi connectivity index (χ2n) is 3.46. The van der Waals surface area contributed by atoms with E-state index in [1.54, 1.807) is 0 Å². The lowest BCUT2D eigenvalue weighted by Gasteiger charge is -2.23. The van der Waals surface area contributed by atoms with Crippen molar-refractivity contribution in [2.45, 2.75) is 37.3 Å². The van der Waals surface area contributed by atoms with E-state index in [4.69, 9.17) is 12.2 Å². The minimum atomic E-state index is 0.0512. The Morgan fingerprint density at radius 1 is 1.45 bits per heavy atom. The molecular weight excluding hydrogens is 271 g/mol. The Labute approximate surface area is 87.6 Å². The fraction of sp³-hybridized carbons (Fsp3) is 0.857. The zero-order chi connectivity index (χ0) is 9.07. The SMILES string of the molecule is CC(I)NC(=S)NC(C)(C)C. The summed E-state index contributed by atoms with van der Waals surface area (Å²) >= 11 is 7.32. The van der Waals surface area contributed by atoms with Crippen molar-refractivity contribution in [1.82, 2.24) is 10.6 Å². The molecule has 0 bridgehead atoms. The fourth-order valence-electron chi connectivity index (χ4n) is 0.557. The van der Waals surface area contributed by atoms with Crippen LogP contribution in [0.25, 0.3) is 0 Å². The Balaban J connectivity index is 3.71. The quantitative estimate of drug-likeness (QED) is 0.334. The zero-order valence-corrected chi connectivity index (χ0v) is 10.3. The van der Waals surface area contributed by atoms with Crippen LogP contribution in [0.4, 0.5) is 0 Å². The van der Waals surface area contributed by atoms with Gasteiger partial charge in [0.25, 0.3) is 0 Å². The van der Waals surface area contributed by atoms with Crippen LogP contribution in [0.15, 0.2) is 0 Å². The molecule has 0 aromatic heterocycles. The van der Waals surface area contributed by atoms with Crippen LogP contribution in [0, 0.1) is 0 Å². The minimum absolute atomic E-state index is 0.0512. The number of halogens is 1. The highest BCUT2D eigenvalue weighted by atomic mass is 127. The Kier molecular flexibility index (Phi) is 4.62. The zero-order valence-electron chi connectivity index (χ0n) is 7.36. The molecule has 0 spiro atoms. The normalized spacial score (nSPS) is 13.9. The molecule has 11 heavy (non-hydrogen) atoms. The predicted molar refractivity (Wildman–Crippen MR) is 62.1 cm³/mol. The minimum Gasteiger partial charge on any atom is -0.358 e. The Hall–Kier alpha value is 0.420. The molecule has 0 saturated heterocycles. The van der Waals surface area contributed by atoms with Crippen LogP contribution in [-0.2, 0) is 0 Å². The number of thiocarbonyl (C=S) groups is 1. The Morgan fingerprint density at radius 3 is 2.18 bits per heavy atom. The summed E-state index contributed by atoms with van der Waals surface area (Å²) < 4.78 is 0.370. The van der Waals surface area contributed by atoms with E-state index in [1.165, 1.54) is 0 Å². The number of hydrogen-bond donors (Lipinski definition) is 2. The standard InChI is InChI=1S/C7H15IN2S/c1-5(8)9-6(11)10-7(2,3)4/h5H,1-4H3,(H2,9,10,11). The molecule has 0 heterocycles. The molecule has 0 amide bonds. The van der Waals surface area contributed by atoms with Gasteiger partial charge in [0.05, 0.1) is 4.05 Å². The molecule has 0 aliphatic heterocycles. The van der Waals surface area contributed by atoms with Crippen LogP contribution in [0.2, 0.25) is 0 Å². The maximum absolute atomic E-state index is 5.05. The predicted octanol–water partition coefficient (Wildman–Crippen LogP) is 2.03. The van der Waals surface area contributed by atoms with Gasteiger partial charge in [-0.05, 0) is 39.9 Å². The maximum Gasteiger partial charge on any atom is 0.167 e. The third-order valence-electron chi connectivity index (χ3n) is 0.819. The largest absolute Gasteiger partial charge is 0.358 e. The van der Waals surface area contributed by atoms with E-state index in [9.17, 15) is 0 Å². The third kappa shape index (κ3) is 8.33. The van der Waals surface area contributed by atoms with Crippen LogP contribution in [0.1, 0.15) is 27.7 Å². The number of nitrogens with one attached hydrogen (secondary N) is 2. The van der Waals surface area contributed by atoms with Crippen molar-refractivity contribution in [3.63, 3.8) is 0 Å². The molecule has 1 unspecified atom stereocenters. The van der Waals surface area contributed by atoms with Crippen molar-refractivity contribution in [3.8, 4) is 0 Å². The van der Waals surface area contributed by atoms with Gasteiger partial charge in [-0.2, -0.15) is 0 Å². The maximum atomic E-state index is 5.05. The summed E-state index contributed by atoms with van der Waals surface area (Å²) in [7, 11) is 0. The molecule has 2 N–H and O–H groups in total. The van der Waals surface area contributed by atoms with Gasteiger partial charge in [0.15, 0.2) is 5.11 Å². The summed E-state index contributed by atoms with van der Waals surface area (Å²) in [5.74, 6) is 0. The van der Waals surface area contributed by atoms with E-state index in [0.29, 0.717) is 4.05 Å². The number of alkyl halides is 1. The van der Waals surface area contributed by atoms with E-state index in [0.717, 1.165) is 5.11 Å². The molecule has 0 aliphatic carbocycles. The summed E-state index contributed by atoms with van der Waals surface area (Å²) in [4.78, 5) is 0. The summed E-state index contributed by atoms with van der Waals surface area (Å²) in [6.45, 7) is 8.30. The van der Waals surface area contributed by atoms with Gasteiger partial charge in [-0.15, -0.1) is 0 Å². The summed E-state index contributed by atoms with van der Waals surface area (Å²) in [6.07, 6.45) is 0. The smallest absolute Gasteiger partial charge is 0.167 e.